The van der Waals surface area contributed by atoms with E-state index in [4.69, 9.17) is 10.5 Å². The molecule has 1 aromatic carbocycles. The number of nitrogens with zero attached hydrogens (tertiary/aromatic N) is 1. The molecule has 1 amide bonds. The van der Waals surface area contributed by atoms with E-state index in [0.717, 1.165) is 36.4 Å². The zero-order valence-corrected chi connectivity index (χ0v) is 14.0. The molecule has 0 atom stereocenters. The number of hydrogen-bond donors (Lipinski definition) is 2. The first-order chi connectivity index (χ1) is 10.6. The fourth-order valence-corrected chi connectivity index (χ4v) is 2.40. The Labute approximate surface area is 133 Å². The summed E-state index contributed by atoms with van der Waals surface area (Å²) in [5.74, 6) is 0.0718. The SMILES string of the molecule is CCN(CC)c1ccc(CCC(=O)NCCCOC)cc1N. The lowest BCUT2D eigenvalue weighted by Gasteiger charge is -2.23. The Bertz CT molecular complexity index is 459. The topological polar surface area (TPSA) is 67.6 Å². The number of nitrogen functional groups attached to an aromatic ring is 1. The molecular formula is C17H29N3O2. The normalized spacial score (nSPS) is 10.5. The van der Waals surface area contributed by atoms with Gasteiger partial charge in [0, 0.05) is 39.8 Å². The summed E-state index contributed by atoms with van der Waals surface area (Å²) in [5.41, 5.74) is 9.08. The summed E-state index contributed by atoms with van der Waals surface area (Å²) in [7, 11) is 1.66. The second-order valence-electron chi connectivity index (χ2n) is 5.26. The molecule has 0 heterocycles. The molecule has 1 aromatic rings. The van der Waals surface area contributed by atoms with Crippen molar-refractivity contribution in [2.24, 2.45) is 0 Å². The molecule has 22 heavy (non-hydrogen) atoms. The van der Waals surface area contributed by atoms with E-state index in [0.29, 0.717) is 26.0 Å². The van der Waals surface area contributed by atoms with Crippen molar-refractivity contribution in [3.05, 3.63) is 23.8 Å². The van der Waals surface area contributed by atoms with Crippen molar-refractivity contribution in [2.45, 2.75) is 33.1 Å². The third-order valence-electron chi connectivity index (χ3n) is 3.68. The first-order valence-corrected chi connectivity index (χ1v) is 8.01. The first-order valence-electron chi connectivity index (χ1n) is 8.01. The number of carbonyl (C=O) groups is 1. The molecule has 0 aliphatic rings. The van der Waals surface area contributed by atoms with Gasteiger partial charge in [0.05, 0.1) is 11.4 Å². The first kappa shape index (κ1) is 18.3. The fraction of sp³-hybridized carbons (Fsp3) is 0.588. The molecule has 0 unspecified atom stereocenters. The summed E-state index contributed by atoms with van der Waals surface area (Å²) in [6.07, 6.45) is 2.03. The molecule has 0 spiro atoms. The Hall–Kier alpha value is -1.75. The van der Waals surface area contributed by atoms with Gasteiger partial charge >= 0.3 is 0 Å². The van der Waals surface area contributed by atoms with Gasteiger partial charge in [-0.2, -0.15) is 0 Å². The van der Waals surface area contributed by atoms with Gasteiger partial charge in [0.25, 0.3) is 0 Å². The Morgan fingerprint density at radius 1 is 1.32 bits per heavy atom. The summed E-state index contributed by atoms with van der Waals surface area (Å²) in [4.78, 5) is 14.0. The molecule has 0 bridgehead atoms. The van der Waals surface area contributed by atoms with Crippen LogP contribution in [0.5, 0.6) is 0 Å². The highest BCUT2D eigenvalue weighted by molar-refractivity contribution is 5.76. The van der Waals surface area contributed by atoms with Crippen molar-refractivity contribution in [3.63, 3.8) is 0 Å². The number of nitrogens with two attached hydrogens (primary N) is 1. The smallest absolute Gasteiger partial charge is 0.220 e. The lowest BCUT2D eigenvalue weighted by Crippen LogP contribution is -2.25. The second kappa shape index (κ2) is 10.1. The van der Waals surface area contributed by atoms with E-state index in [9.17, 15) is 4.79 Å². The van der Waals surface area contributed by atoms with Gasteiger partial charge in [-0.05, 0) is 44.4 Å². The number of hydrogen-bond acceptors (Lipinski definition) is 4. The van der Waals surface area contributed by atoms with Crippen molar-refractivity contribution in [1.82, 2.24) is 5.32 Å². The number of amides is 1. The van der Waals surface area contributed by atoms with E-state index in [1.165, 1.54) is 0 Å². The van der Waals surface area contributed by atoms with E-state index < -0.39 is 0 Å². The van der Waals surface area contributed by atoms with Crippen molar-refractivity contribution in [2.75, 3.05) is 44.0 Å². The molecule has 5 heteroatoms. The Morgan fingerprint density at radius 3 is 2.64 bits per heavy atom. The number of anilines is 2. The molecule has 1 rings (SSSR count). The maximum absolute atomic E-state index is 11.7. The van der Waals surface area contributed by atoms with Crippen LogP contribution in [-0.2, 0) is 16.0 Å². The number of ether oxygens (including phenoxy) is 1. The summed E-state index contributed by atoms with van der Waals surface area (Å²) < 4.78 is 4.95. The van der Waals surface area contributed by atoms with E-state index in [2.05, 4.69) is 30.1 Å². The molecular weight excluding hydrogens is 278 g/mol. The average molecular weight is 307 g/mol. The highest BCUT2D eigenvalue weighted by atomic mass is 16.5. The predicted octanol–water partition coefficient (Wildman–Crippen LogP) is 2.20. The van der Waals surface area contributed by atoms with Crippen LogP contribution in [0.3, 0.4) is 0 Å². The van der Waals surface area contributed by atoms with Crippen LogP contribution in [0.4, 0.5) is 11.4 Å². The Balaban J connectivity index is 2.47. The summed E-state index contributed by atoms with van der Waals surface area (Å²) in [6.45, 7) is 7.43. The number of benzene rings is 1. The van der Waals surface area contributed by atoms with Crippen LogP contribution in [0.15, 0.2) is 18.2 Å². The van der Waals surface area contributed by atoms with Crippen LogP contribution < -0.4 is 16.0 Å². The van der Waals surface area contributed by atoms with Crippen LogP contribution in [0, 0.1) is 0 Å². The van der Waals surface area contributed by atoms with Gasteiger partial charge in [0.15, 0.2) is 0 Å². The Morgan fingerprint density at radius 2 is 2.05 bits per heavy atom. The summed E-state index contributed by atoms with van der Waals surface area (Å²) in [6, 6.07) is 6.09. The standard InChI is InChI=1S/C17H29N3O2/c1-4-20(5-2)16-9-7-14(13-15(16)18)8-10-17(21)19-11-6-12-22-3/h7,9,13H,4-6,8,10-12,18H2,1-3H3,(H,19,21). The fourth-order valence-electron chi connectivity index (χ4n) is 2.40. The van der Waals surface area contributed by atoms with Crippen molar-refractivity contribution in [1.29, 1.82) is 0 Å². The van der Waals surface area contributed by atoms with Crippen LogP contribution in [-0.4, -0.2) is 39.3 Å². The lowest BCUT2D eigenvalue weighted by molar-refractivity contribution is -0.121. The molecule has 124 valence electrons. The van der Waals surface area contributed by atoms with Gasteiger partial charge in [-0.3, -0.25) is 4.79 Å². The van der Waals surface area contributed by atoms with Crippen LogP contribution in [0.25, 0.3) is 0 Å². The van der Waals surface area contributed by atoms with E-state index in [-0.39, 0.29) is 5.91 Å². The lowest BCUT2D eigenvalue weighted by atomic mass is 10.1. The number of rotatable bonds is 10. The van der Waals surface area contributed by atoms with Gasteiger partial charge < -0.3 is 20.7 Å². The number of methoxy groups -OCH3 is 1. The minimum Gasteiger partial charge on any atom is -0.397 e. The van der Waals surface area contributed by atoms with Crippen LogP contribution in [0.2, 0.25) is 0 Å². The van der Waals surface area contributed by atoms with Gasteiger partial charge in [-0.15, -0.1) is 0 Å². The average Bonchev–Trinajstić information content (AvgIpc) is 2.52. The summed E-state index contributed by atoms with van der Waals surface area (Å²) >= 11 is 0. The van der Waals surface area contributed by atoms with Gasteiger partial charge in [0.2, 0.25) is 5.91 Å². The zero-order valence-electron chi connectivity index (χ0n) is 14.0. The maximum Gasteiger partial charge on any atom is 0.220 e. The third-order valence-corrected chi connectivity index (χ3v) is 3.68. The largest absolute Gasteiger partial charge is 0.397 e. The minimum absolute atomic E-state index is 0.0718. The van der Waals surface area contributed by atoms with Crippen molar-refractivity contribution < 1.29 is 9.53 Å². The van der Waals surface area contributed by atoms with Crippen molar-refractivity contribution in [3.8, 4) is 0 Å². The van der Waals surface area contributed by atoms with E-state index in [1.54, 1.807) is 7.11 Å². The number of carbonyl (C=O) groups excluding carboxylic acids is 1. The monoisotopic (exact) mass is 307 g/mol. The highest BCUT2D eigenvalue weighted by Crippen LogP contribution is 2.24. The molecule has 0 saturated carbocycles. The second-order valence-corrected chi connectivity index (χ2v) is 5.26. The molecule has 0 radical (unpaired) electrons. The summed E-state index contributed by atoms with van der Waals surface area (Å²) in [5, 5.41) is 2.89. The minimum atomic E-state index is 0.0718. The predicted molar refractivity (Wildman–Crippen MR) is 92.2 cm³/mol. The van der Waals surface area contributed by atoms with Gasteiger partial charge in [0.1, 0.15) is 0 Å². The highest BCUT2D eigenvalue weighted by Gasteiger charge is 2.08. The quantitative estimate of drug-likeness (QED) is 0.514. The number of nitrogens with one attached hydrogen (secondary N) is 1. The van der Waals surface area contributed by atoms with Crippen LogP contribution >= 0.6 is 0 Å². The van der Waals surface area contributed by atoms with E-state index in [1.807, 2.05) is 12.1 Å². The molecule has 0 aromatic heterocycles. The van der Waals surface area contributed by atoms with E-state index >= 15 is 0 Å². The van der Waals surface area contributed by atoms with Crippen LogP contribution in [0.1, 0.15) is 32.3 Å². The van der Waals surface area contributed by atoms with Crippen molar-refractivity contribution >= 4 is 17.3 Å². The van der Waals surface area contributed by atoms with Gasteiger partial charge in [-0.1, -0.05) is 6.07 Å². The molecule has 0 aliphatic heterocycles. The molecule has 5 nitrogen and oxygen atoms in total. The third kappa shape index (κ3) is 5.93. The van der Waals surface area contributed by atoms with Gasteiger partial charge in [-0.25, -0.2) is 0 Å². The molecule has 0 saturated heterocycles. The molecule has 3 N–H and O–H groups in total. The maximum atomic E-state index is 11.7. The number of aryl methyl sites for hydroxylation is 1. The zero-order chi connectivity index (χ0) is 16.4. The molecule has 0 aliphatic carbocycles. The molecule has 0 fully saturated rings. The Kier molecular flexibility index (Phi) is 8.36.